The molecule has 0 fully saturated rings. The van der Waals surface area contributed by atoms with E-state index in [1.807, 2.05) is 12.1 Å². The van der Waals surface area contributed by atoms with E-state index in [2.05, 4.69) is 32.0 Å². The van der Waals surface area contributed by atoms with E-state index in [0.29, 0.717) is 26.7 Å². The van der Waals surface area contributed by atoms with Gasteiger partial charge in [-0.25, -0.2) is 4.98 Å². The summed E-state index contributed by atoms with van der Waals surface area (Å²) in [7, 11) is 0. The second-order valence-corrected chi connectivity index (χ2v) is 5.80. The average Bonchev–Trinajstić information content (AvgIpc) is 2.73. The molecule has 0 radical (unpaired) electrons. The second-order valence-electron chi connectivity index (χ2n) is 4.06. The summed E-state index contributed by atoms with van der Waals surface area (Å²) in [6.07, 6.45) is 1.55. The van der Waals surface area contributed by atoms with Crippen LogP contribution < -0.4 is 0 Å². The van der Waals surface area contributed by atoms with E-state index in [1.54, 1.807) is 22.9 Å². The molecule has 4 nitrogen and oxygen atoms in total. The van der Waals surface area contributed by atoms with Crippen molar-refractivity contribution >= 4 is 50.9 Å². The highest BCUT2D eigenvalue weighted by Crippen LogP contribution is 2.25. The molecule has 1 N–H and O–H groups in total. The zero-order valence-corrected chi connectivity index (χ0v) is 13.1. The van der Waals surface area contributed by atoms with Gasteiger partial charge in [0.15, 0.2) is 10.4 Å². The number of nitrogens with one attached hydrogen (secondary N) is 1. The number of hydrogen-bond acceptors (Lipinski definition) is 3. The van der Waals surface area contributed by atoms with Crippen LogP contribution in [0.3, 0.4) is 0 Å². The molecule has 0 saturated heterocycles. The molecule has 0 aliphatic heterocycles. The number of aromatic nitrogens is 3. The lowest BCUT2D eigenvalue weighted by Crippen LogP contribution is -1.99. The summed E-state index contributed by atoms with van der Waals surface area (Å²) in [5.74, 6) is 0. The fraction of sp³-hybridized carbons (Fsp3) is 0. The van der Waals surface area contributed by atoms with Crippen LogP contribution in [0, 0.1) is 16.1 Å². The lowest BCUT2D eigenvalue weighted by atomic mass is 10.2. The van der Waals surface area contributed by atoms with E-state index in [1.165, 1.54) is 0 Å². The molecule has 3 rings (SSSR count). The van der Waals surface area contributed by atoms with Crippen molar-refractivity contribution in [2.24, 2.45) is 0 Å². The van der Waals surface area contributed by atoms with E-state index in [9.17, 15) is 5.26 Å². The van der Waals surface area contributed by atoms with Gasteiger partial charge in [-0.1, -0.05) is 27.5 Å². The van der Waals surface area contributed by atoms with Crippen LogP contribution in [0.2, 0.25) is 5.02 Å². The molecule has 2 aromatic heterocycles. The smallest absolute Gasteiger partial charge is 0.184 e. The maximum Gasteiger partial charge on any atom is 0.184 e. The van der Waals surface area contributed by atoms with Gasteiger partial charge in [0.05, 0.1) is 21.8 Å². The molecule has 3 aromatic rings. The number of nitriles is 1. The van der Waals surface area contributed by atoms with Crippen LogP contribution in [0.1, 0.15) is 5.56 Å². The van der Waals surface area contributed by atoms with Crippen molar-refractivity contribution in [3.05, 3.63) is 50.3 Å². The van der Waals surface area contributed by atoms with Crippen LogP contribution in [0.4, 0.5) is 0 Å². The van der Waals surface area contributed by atoms with E-state index < -0.39 is 0 Å². The fourth-order valence-corrected chi connectivity index (χ4v) is 2.78. The predicted octanol–water partition coefficient (Wildman–Crippen LogP) is 4.37. The zero-order valence-electron chi connectivity index (χ0n) is 9.89. The maximum atomic E-state index is 9.25. The Morgan fingerprint density at radius 3 is 2.95 bits per heavy atom. The van der Waals surface area contributed by atoms with Crippen LogP contribution in [0.25, 0.3) is 16.9 Å². The Balaban J connectivity index is 2.41. The first-order valence-corrected chi connectivity index (χ1v) is 7.14. The Kier molecular flexibility index (Phi) is 3.34. The summed E-state index contributed by atoms with van der Waals surface area (Å²) in [5.41, 5.74) is 2.55. The van der Waals surface area contributed by atoms with Gasteiger partial charge < -0.3 is 4.98 Å². The van der Waals surface area contributed by atoms with Gasteiger partial charge in [-0.15, -0.1) is 0 Å². The first kappa shape index (κ1) is 13.3. The Labute approximate surface area is 132 Å². The van der Waals surface area contributed by atoms with Crippen LogP contribution in [-0.4, -0.2) is 14.5 Å². The summed E-state index contributed by atoms with van der Waals surface area (Å²) in [6, 6.07) is 9.28. The first-order valence-electron chi connectivity index (χ1n) is 5.56. The summed E-state index contributed by atoms with van der Waals surface area (Å²) in [5, 5.41) is 9.77. The summed E-state index contributed by atoms with van der Waals surface area (Å²) >= 11 is 14.7. The number of fused-ring (bicyclic) bond motifs is 1. The van der Waals surface area contributed by atoms with Crippen molar-refractivity contribution in [3.8, 4) is 11.8 Å². The molecule has 0 aliphatic rings. The molecule has 0 unspecified atom stereocenters. The minimum absolute atomic E-state index is 0.462. The number of pyridine rings is 1. The molecule has 0 spiro atoms. The number of H-pyrrole nitrogens is 1. The van der Waals surface area contributed by atoms with Crippen LogP contribution in [0.5, 0.6) is 0 Å². The molecule has 0 aliphatic carbocycles. The van der Waals surface area contributed by atoms with Crippen molar-refractivity contribution < 1.29 is 0 Å². The Morgan fingerprint density at radius 1 is 1.40 bits per heavy atom. The highest BCUT2D eigenvalue weighted by Gasteiger charge is 2.12. The first-order chi connectivity index (χ1) is 9.60. The third kappa shape index (κ3) is 2.14. The van der Waals surface area contributed by atoms with Crippen LogP contribution >= 0.6 is 39.7 Å². The zero-order chi connectivity index (χ0) is 14.3. The monoisotopic (exact) mass is 364 g/mol. The van der Waals surface area contributed by atoms with E-state index in [0.717, 1.165) is 9.99 Å². The number of imidazole rings is 1. The summed E-state index contributed by atoms with van der Waals surface area (Å²) < 4.78 is 3.05. The van der Waals surface area contributed by atoms with Crippen molar-refractivity contribution in [1.29, 1.82) is 5.26 Å². The quantitative estimate of drug-likeness (QED) is 0.651. The molecule has 7 heteroatoms. The molecule has 20 heavy (non-hydrogen) atoms. The minimum atomic E-state index is 0.462. The SMILES string of the molecule is N#Cc1ccc(Br)cc1-n1c(=S)[nH]c2cc(Cl)cnc21. The lowest BCUT2D eigenvalue weighted by Gasteiger charge is -2.06. The molecule has 98 valence electrons. The largest absolute Gasteiger partial charge is 0.329 e. The molecule has 1 aromatic carbocycles. The van der Waals surface area contributed by atoms with Crippen LogP contribution in [0.15, 0.2) is 34.9 Å². The topological polar surface area (TPSA) is 57.4 Å². The summed E-state index contributed by atoms with van der Waals surface area (Å²) in [6.45, 7) is 0. The Hall–Kier alpha value is -1.68. The molecular weight excluding hydrogens is 360 g/mol. The van der Waals surface area contributed by atoms with Crippen LogP contribution in [-0.2, 0) is 0 Å². The van der Waals surface area contributed by atoms with Gasteiger partial charge in [-0.3, -0.25) is 4.57 Å². The van der Waals surface area contributed by atoms with Gasteiger partial charge in [0.1, 0.15) is 6.07 Å². The minimum Gasteiger partial charge on any atom is -0.329 e. The summed E-state index contributed by atoms with van der Waals surface area (Å²) in [4.78, 5) is 7.33. The molecule has 0 amide bonds. The van der Waals surface area contributed by atoms with Gasteiger partial charge in [-0.05, 0) is 36.5 Å². The lowest BCUT2D eigenvalue weighted by molar-refractivity contribution is 1.04. The van der Waals surface area contributed by atoms with Gasteiger partial charge in [0.25, 0.3) is 0 Å². The standard InChI is InChI=1S/C13H6BrClN4S/c14-8-2-1-7(5-16)11(3-8)19-12-10(18-13(19)20)4-9(15)6-17-12/h1-4,6H,(H,18,20). The fourth-order valence-electron chi connectivity index (χ4n) is 1.98. The van der Waals surface area contributed by atoms with Crippen molar-refractivity contribution in [2.75, 3.05) is 0 Å². The normalized spacial score (nSPS) is 10.7. The van der Waals surface area contributed by atoms with Crippen molar-refractivity contribution in [2.45, 2.75) is 0 Å². The molecule has 2 heterocycles. The number of nitrogens with zero attached hydrogens (tertiary/aromatic N) is 3. The molecule has 0 saturated carbocycles. The Morgan fingerprint density at radius 2 is 2.20 bits per heavy atom. The van der Waals surface area contributed by atoms with Gasteiger partial charge in [0.2, 0.25) is 0 Å². The third-order valence-corrected chi connectivity index (χ3v) is 3.80. The average molecular weight is 366 g/mol. The molecule has 0 atom stereocenters. The van der Waals surface area contributed by atoms with Gasteiger partial charge in [-0.2, -0.15) is 5.26 Å². The van der Waals surface area contributed by atoms with Crippen molar-refractivity contribution in [1.82, 2.24) is 14.5 Å². The van der Waals surface area contributed by atoms with Gasteiger partial charge in [0, 0.05) is 10.7 Å². The van der Waals surface area contributed by atoms with E-state index in [-0.39, 0.29) is 0 Å². The maximum absolute atomic E-state index is 9.25. The van der Waals surface area contributed by atoms with Gasteiger partial charge >= 0.3 is 0 Å². The third-order valence-electron chi connectivity index (χ3n) is 2.81. The van der Waals surface area contributed by atoms with E-state index >= 15 is 0 Å². The number of aromatic amines is 1. The highest BCUT2D eigenvalue weighted by atomic mass is 79.9. The highest BCUT2D eigenvalue weighted by molar-refractivity contribution is 9.10. The number of hydrogen-bond donors (Lipinski definition) is 1. The second kappa shape index (κ2) is 5.02. The number of halogens is 2. The van der Waals surface area contributed by atoms with Crippen molar-refractivity contribution in [3.63, 3.8) is 0 Å². The number of benzene rings is 1. The molecule has 0 bridgehead atoms. The number of rotatable bonds is 1. The van der Waals surface area contributed by atoms with E-state index in [4.69, 9.17) is 23.8 Å². The molecular formula is C13H6BrClN4S. The predicted molar refractivity (Wildman–Crippen MR) is 83.7 cm³/mol. The Bertz CT molecular complexity index is 922.